The molecule has 1 amide bonds. The lowest BCUT2D eigenvalue weighted by molar-refractivity contribution is -0.143. The molecule has 10 heteroatoms. The van der Waals surface area contributed by atoms with Crippen LogP contribution in [0.1, 0.15) is 0 Å². The monoisotopic (exact) mass is 381 g/mol. The third kappa shape index (κ3) is 20.9. The van der Waals surface area contributed by atoms with Crippen molar-refractivity contribution in [1.82, 2.24) is 5.32 Å². The van der Waals surface area contributed by atoms with Gasteiger partial charge < -0.3 is 33.8 Å². The summed E-state index contributed by atoms with van der Waals surface area (Å²) in [6, 6.07) is 0. The minimum atomic E-state index is -1.46. The van der Waals surface area contributed by atoms with Crippen LogP contribution in [0.25, 0.3) is 0 Å². The van der Waals surface area contributed by atoms with Crippen molar-refractivity contribution in [2.24, 2.45) is 0 Å². The first-order valence-corrected chi connectivity index (χ1v) is 11.7. The zero-order valence-electron chi connectivity index (χ0n) is 15.4. The summed E-state index contributed by atoms with van der Waals surface area (Å²) in [7, 11) is -1.46. The second-order valence-corrected chi connectivity index (χ2v) is 10.5. The number of carboxylic acid groups (broad SMARTS) is 1. The Bertz CT molecular complexity index is 362. The van der Waals surface area contributed by atoms with Crippen molar-refractivity contribution in [3.63, 3.8) is 0 Å². The Morgan fingerprint density at radius 2 is 1.32 bits per heavy atom. The molecule has 2 N–H and O–H groups in total. The van der Waals surface area contributed by atoms with Crippen molar-refractivity contribution in [1.29, 1.82) is 0 Å². The van der Waals surface area contributed by atoms with Gasteiger partial charge in [0.05, 0.1) is 46.2 Å². The average Bonchev–Trinajstić information content (AvgIpc) is 2.50. The van der Waals surface area contributed by atoms with E-state index in [1.54, 1.807) is 0 Å². The number of hydrogen-bond donors (Lipinski definition) is 2. The SMILES string of the molecule is C[Si](C)(C)OCCOCCOCCOCCNC(=O)COCC(=O)O. The fourth-order valence-corrected chi connectivity index (χ4v) is 2.19. The first kappa shape index (κ1) is 24.0. The largest absolute Gasteiger partial charge is 0.480 e. The summed E-state index contributed by atoms with van der Waals surface area (Å²) in [6.07, 6.45) is 0. The number of carbonyl (C=O) groups excluding carboxylic acids is 1. The molecular formula is C15H31NO8Si. The smallest absolute Gasteiger partial charge is 0.329 e. The van der Waals surface area contributed by atoms with Crippen LogP contribution in [0.3, 0.4) is 0 Å². The number of nitrogens with one attached hydrogen (secondary N) is 1. The number of hydrogen-bond acceptors (Lipinski definition) is 7. The van der Waals surface area contributed by atoms with Gasteiger partial charge in [0.15, 0.2) is 8.32 Å². The maximum Gasteiger partial charge on any atom is 0.329 e. The highest BCUT2D eigenvalue weighted by molar-refractivity contribution is 6.69. The molecule has 148 valence electrons. The first-order chi connectivity index (χ1) is 11.8. The molecule has 0 unspecified atom stereocenters. The predicted octanol–water partition coefficient (Wildman–Crippen LogP) is 0.105. The van der Waals surface area contributed by atoms with Crippen molar-refractivity contribution >= 4 is 20.2 Å². The molecule has 0 heterocycles. The quantitative estimate of drug-likeness (QED) is 0.270. The lowest BCUT2D eigenvalue weighted by Gasteiger charge is -2.16. The lowest BCUT2D eigenvalue weighted by atomic mass is 10.6. The van der Waals surface area contributed by atoms with Crippen LogP contribution in [0, 0.1) is 0 Å². The Morgan fingerprint density at radius 3 is 1.84 bits per heavy atom. The molecule has 0 rings (SSSR count). The summed E-state index contributed by atoms with van der Waals surface area (Å²) in [6.45, 7) is 9.37. The van der Waals surface area contributed by atoms with E-state index in [9.17, 15) is 9.59 Å². The summed E-state index contributed by atoms with van der Waals surface area (Å²) in [5.41, 5.74) is 0. The van der Waals surface area contributed by atoms with Crippen LogP contribution in [0.5, 0.6) is 0 Å². The van der Waals surface area contributed by atoms with Crippen LogP contribution in [-0.4, -0.2) is 91.3 Å². The van der Waals surface area contributed by atoms with E-state index < -0.39 is 20.9 Å². The molecule has 0 radical (unpaired) electrons. The fraction of sp³-hybridized carbons (Fsp3) is 0.867. The van der Waals surface area contributed by atoms with Crippen LogP contribution in [0.2, 0.25) is 19.6 Å². The van der Waals surface area contributed by atoms with Gasteiger partial charge in [0.1, 0.15) is 13.2 Å². The molecule has 0 aromatic carbocycles. The van der Waals surface area contributed by atoms with E-state index in [0.717, 1.165) is 0 Å². The van der Waals surface area contributed by atoms with Gasteiger partial charge in [-0.3, -0.25) is 4.79 Å². The Balaban J connectivity index is 3.19. The van der Waals surface area contributed by atoms with E-state index in [1.165, 1.54) is 0 Å². The van der Waals surface area contributed by atoms with Crippen molar-refractivity contribution < 1.29 is 38.1 Å². The van der Waals surface area contributed by atoms with E-state index in [4.69, 9.17) is 23.7 Å². The molecule has 0 aliphatic heterocycles. The molecule has 9 nitrogen and oxygen atoms in total. The van der Waals surface area contributed by atoms with Crippen LogP contribution in [0.4, 0.5) is 0 Å². The normalized spacial score (nSPS) is 11.5. The van der Waals surface area contributed by atoms with Crippen LogP contribution in [-0.2, 0) is 33.0 Å². The standard InChI is InChI=1S/C15H31NO8Si/c1-25(2,3)24-11-10-22-9-8-21-7-6-20-5-4-16-14(17)12-23-13-15(18)19/h4-13H2,1-3H3,(H,16,17)(H,18,19). The van der Waals surface area contributed by atoms with Gasteiger partial charge >= 0.3 is 5.97 Å². The zero-order chi connectivity index (χ0) is 19.0. The molecular weight excluding hydrogens is 350 g/mol. The molecule has 25 heavy (non-hydrogen) atoms. The number of aliphatic carboxylic acids is 1. The second-order valence-electron chi connectivity index (χ2n) is 6.03. The van der Waals surface area contributed by atoms with Gasteiger partial charge in [0.25, 0.3) is 0 Å². The van der Waals surface area contributed by atoms with E-state index >= 15 is 0 Å². The predicted molar refractivity (Wildman–Crippen MR) is 93.2 cm³/mol. The fourth-order valence-electron chi connectivity index (χ4n) is 1.49. The Morgan fingerprint density at radius 1 is 0.800 bits per heavy atom. The lowest BCUT2D eigenvalue weighted by Crippen LogP contribution is -2.31. The van der Waals surface area contributed by atoms with Gasteiger partial charge in [0.2, 0.25) is 5.91 Å². The van der Waals surface area contributed by atoms with Crippen LogP contribution < -0.4 is 5.32 Å². The van der Waals surface area contributed by atoms with Gasteiger partial charge in [-0.1, -0.05) is 0 Å². The summed E-state index contributed by atoms with van der Waals surface area (Å²) >= 11 is 0. The van der Waals surface area contributed by atoms with E-state index in [-0.39, 0.29) is 12.5 Å². The zero-order valence-corrected chi connectivity index (χ0v) is 16.4. The van der Waals surface area contributed by atoms with Gasteiger partial charge in [-0.25, -0.2) is 4.79 Å². The van der Waals surface area contributed by atoms with Crippen molar-refractivity contribution in [2.45, 2.75) is 19.6 Å². The Labute approximate surface area is 150 Å². The maximum absolute atomic E-state index is 11.2. The van der Waals surface area contributed by atoms with Gasteiger partial charge in [0, 0.05) is 6.54 Å². The number of carbonyl (C=O) groups is 2. The summed E-state index contributed by atoms with van der Waals surface area (Å²) in [5, 5.41) is 10.9. The molecule has 0 aliphatic rings. The van der Waals surface area contributed by atoms with Crippen LogP contribution >= 0.6 is 0 Å². The number of rotatable bonds is 17. The van der Waals surface area contributed by atoms with E-state index in [0.29, 0.717) is 52.8 Å². The summed E-state index contributed by atoms with van der Waals surface area (Å²) < 4.78 is 26.3. The molecule has 0 saturated carbocycles. The highest BCUT2D eigenvalue weighted by Gasteiger charge is 2.12. The number of carboxylic acids is 1. The maximum atomic E-state index is 11.2. The van der Waals surface area contributed by atoms with Crippen molar-refractivity contribution in [3.05, 3.63) is 0 Å². The van der Waals surface area contributed by atoms with Crippen molar-refractivity contribution in [2.75, 3.05) is 66.0 Å². The van der Waals surface area contributed by atoms with Gasteiger partial charge in [-0.15, -0.1) is 0 Å². The molecule has 0 spiro atoms. The highest BCUT2D eigenvalue weighted by atomic mass is 28.4. The Kier molecular flexibility index (Phi) is 14.6. The molecule has 0 atom stereocenters. The minimum absolute atomic E-state index is 0.279. The highest BCUT2D eigenvalue weighted by Crippen LogP contribution is 2.01. The summed E-state index contributed by atoms with van der Waals surface area (Å²) in [4.78, 5) is 21.4. The van der Waals surface area contributed by atoms with Crippen LogP contribution in [0.15, 0.2) is 0 Å². The van der Waals surface area contributed by atoms with Gasteiger partial charge in [-0.05, 0) is 19.6 Å². The molecule has 0 aromatic rings. The number of ether oxygens (including phenoxy) is 4. The minimum Gasteiger partial charge on any atom is -0.480 e. The first-order valence-electron chi connectivity index (χ1n) is 8.24. The third-order valence-corrected chi connectivity index (χ3v) is 3.60. The van der Waals surface area contributed by atoms with E-state index in [1.807, 2.05) is 0 Å². The Hall–Kier alpha value is -1.04. The van der Waals surface area contributed by atoms with Crippen molar-refractivity contribution in [3.8, 4) is 0 Å². The van der Waals surface area contributed by atoms with E-state index in [2.05, 4.69) is 29.7 Å². The number of amides is 1. The van der Waals surface area contributed by atoms with Gasteiger partial charge in [-0.2, -0.15) is 0 Å². The molecule has 0 aliphatic carbocycles. The molecule has 0 aromatic heterocycles. The molecule has 0 bridgehead atoms. The molecule has 0 fully saturated rings. The third-order valence-electron chi connectivity index (χ3n) is 2.53. The second kappa shape index (κ2) is 15.2. The summed E-state index contributed by atoms with van der Waals surface area (Å²) in [5.74, 6) is -1.49. The average molecular weight is 381 g/mol. The molecule has 0 saturated heterocycles. The topological polar surface area (TPSA) is 113 Å².